The van der Waals surface area contributed by atoms with Crippen LogP contribution in [0, 0.1) is 0 Å². The number of alkyl halides is 3. The minimum absolute atomic E-state index is 0.0503. The summed E-state index contributed by atoms with van der Waals surface area (Å²) in [5, 5.41) is 9.07. The molecule has 6 nitrogen and oxygen atoms in total. The molecule has 1 N–H and O–H groups in total. The number of hydrogen-bond acceptors (Lipinski definition) is 5. The number of carbonyl (C=O) groups excluding carboxylic acids is 1. The van der Waals surface area contributed by atoms with E-state index >= 15 is 0 Å². The highest BCUT2D eigenvalue weighted by atomic mass is 32.1. The first-order chi connectivity index (χ1) is 18.9. The quantitative estimate of drug-likeness (QED) is 0.323. The maximum atomic E-state index is 14.0. The van der Waals surface area contributed by atoms with E-state index in [0.29, 0.717) is 26.2 Å². The van der Waals surface area contributed by atoms with Crippen LogP contribution in [-0.2, 0) is 0 Å². The normalized spacial score (nSPS) is 20.1. The van der Waals surface area contributed by atoms with Gasteiger partial charge in [0.2, 0.25) is 0 Å². The first kappa shape index (κ1) is 25.6. The lowest BCUT2D eigenvalue weighted by molar-refractivity contribution is -0.173. The molecular weight excluding hydrogens is 523 g/mol. The Morgan fingerprint density at radius 3 is 2.13 bits per heavy atom. The molecule has 0 bridgehead atoms. The number of carbonyl (C=O) groups is 1. The standard InChI is InChI=1S/C29H28F3N5OS/c30-29(31,32)25-18-23(24-12-7-17-39-24)34-27-22(19-33-37(25)27)28(38)36-15-13-35(14-16-36)26(20-8-3-1-4-9-20)21-10-5-2-6-11-21/h1-12,17,19,23,25-26,34H,13-16,18H2/t23-,25+/m0/s1. The zero-order chi connectivity index (χ0) is 27.0. The Morgan fingerprint density at radius 2 is 1.56 bits per heavy atom. The molecule has 1 saturated heterocycles. The number of benzene rings is 2. The Balaban J connectivity index is 1.22. The fourth-order valence-electron chi connectivity index (χ4n) is 5.63. The maximum Gasteiger partial charge on any atom is 0.410 e. The van der Waals surface area contributed by atoms with Crippen LogP contribution in [0.4, 0.5) is 19.0 Å². The molecule has 0 spiro atoms. The number of thiophene rings is 1. The molecule has 1 fully saturated rings. The summed E-state index contributed by atoms with van der Waals surface area (Å²) in [5.41, 5.74) is 2.54. The van der Waals surface area contributed by atoms with Crippen molar-refractivity contribution in [3.8, 4) is 0 Å². The first-order valence-corrected chi connectivity index (χ1v) is 13.9. The summed E-state index contributed by atoms with van der Waals surface area (Å²) < 4.78 is 43.0. The summed E-state index contributed by atoms with van der Waals surface area (Å²) in [6.07, 6.45) is -3.37. The molecule has 39 heavy (non-hydrogen) atoms. The Morgan fingerprint density at radius 1 is 0.923 bits per heavy atom. The fourth-order valence-corrected chi connectivity index (χ4v) is 6.42. The number of piperazine rings is 1. The van der Waals surface area contributed by atoms with Crippen molar-refractivity contribution in [1.82, 2.24) is 19.6 Å². The van der Waals surface area contributed by atoms with Gasteiger partial charge in [-0.25, -0.2) is 4.68 Å². The highest BCUT2D eigenvalue weighted by Crippen LogP contribution is 2.45. The van der Waals surface area contributed by atoms with Crippen LogP contribution in [0.5, 0.6) is 0 Å². The van der Waals surface area contributed by atoms with E-state index in [4.69, 9.17) is 0 Å². The Kier molecular flexibility index (Phi) is 6.90. The number of halogens is 3. The van der Waals surface area contributed by atoms with E-state index in [0.717, 1.165) is 9.56 Å². The number of fused-ring (bicyclic) bond motifs is 1. The first-order valence-electron chi connectivity index (χ1n) is 13.0. The van der Waals surface area contributed by atoms with Crippen molar-refractivity contribution >= 4 is 23.1 Å². The molecule has 1 amide bonds. The van der Waals surface area contributed by atoms with Crippen LogP contribution < -0.4 is 5.32 Å². The van der Waals surface area contributed by atoms with Crippen molar-refractivity contribution in [2.24, 2.45) is 0 Å². The average molecular weight is 552 g/mol. The number of nitrogens with one attached hydrogen (secondary N) is 1. The predicted molar refractivity (Wildman–Crippen MR) is 145 cm³/mol. The van der Waals surface area contributed by atoms with Gasteiger partial charge in [0.05, 0.1) is 18.3 Å². The number of hydrogen-bond donors (Lipinski definition) is 1. The van der Waals surface area contributed by atoms with Crippen molar-refractivity contribution in [3.05, 3.63) is 106 Å². The summed E-state index contributed by atoms with van der Waals surface area (Å²) in [6.45, 7) is 2.22. The molecule has 202 valence electrons. The summed E-state index contributed by atoms with van der Waals surface area (Å²) in [6, 6.07) is 21.9. The molecule has 0 unspecified atom stereocenters. The topological polar surface area (TPSA) is 53.4 Å². The van der Waals surface area contributed by atoms with E-state index in [1.165, 1.54) is 28.7 Å². The Bertz CT molecular complexity index is 1360. The lowest BCUT2D eigenvalue weighted by Gasteiger charge is -2.40. The van der Waals surface area contributed by atoms with Gasteiger partial charge < -0.3 is 10.2 Å². The number of nitrogens with zero attached hydrogens (tertiary/aromatic N) is 4. The second kappa shape index (κ2) is 10.5. The molecule has 2 aliphatic heterocycles. The van der Waals surface area contributed by atoms with Gasteiger partial charge in [0.1, 0.15) is 11.4 Å². The van der Waals surface area contributed by atoms with Crippen molar-refractivity contribution in [2.45, 2.75) is 30.7 Å². The monoisotopic (exact) mass is 551 g/mol. The van der Waals surface area contributed by atoms with Crippen LogP contribution in [-0.4, -0.2) is 57.8 Å². The van der Waals surface area contributed by atoms with Gasteiger partial charge in [0, 0.05) is 37.5 Å². The number of rotatable bonds is 5. The third kappa shape index (κ3) is 5.06. The van der Waals surface area contributed by atoms with Gasteiger partial charge >= 0.3 is 6.18 Å². The van der Waals surface area contributed by atoms with Gasteiger partial charge in [0.25, 0.3) is 5.91 Å². The summed E-state index contributed by atoms with van der Waals surface area (Å²) in [5.74, 6) is -0.159. The second-order valence-corrected chi connectivity index (χ2v) is 10.9. The van der Waals surface area contributed by atoms with E-state index in [1.807, 2.05) is 53.9 Å². The van der Waals surface area contributed by atoms with Crippen molar-refractivity contribution in [1.29, 1.82) is 0 Å². The molecule has 2 aromatic carbocycles. The second-order valence-electron chi connectivity index (χ2n) is 9.91. The van der Waals surface area contributed by atoms with Gasteiger partial charge in [-0.05, 0) is 22.6 Å². The van der Waals surface area contributed by atoms with Gasteiger partial charge in [-0.15, -0.1) is 11.3 Å². The number of aromatic nitrogens is 2. The molecule has 2 aliphatic rings. The van der Waals surface area contributed by atoms with Gasteiger partial charge in [-0.2, -0.15) is 18.3 Å². The molecule has 2 aromatic heterocycles. The molecular formula is C29H28F3N5OS. The van der Waals surface area contributed by atoms with Gasteiger partial charge in [0.15, 0.2) is 6.04 Å². The third-order valence-electron chi connectivity index (χ3n) is 7.55. The van der Waals surface area contributed by atoms with Crippen LogP contribution in [0.25, 0.3) is 0 Å². The average Bonchev–Trinajstić information content (AvgIpc) is 3.64. The highest BCUT2D eigenvalue weighted by molar-refractivity contribution is 7.10. The molecule has 6 rings (SSSR count). The number of amides is 1. The molecule has 10 heteroatoms. The van der Waals surface area contributed by atoms with E-state index < -0.39 is 18.3 Å². The molecule has 0 aliphatic carbocycles. The van der Waals surface area contributed by atoms with E-state index in [1.54, 1.807) is 4.90 Å². The zero-order valence-corrected chi connectivity index (χ0v) is 21.9. The van der Waals surface area contributed by atoms with E-state index in [-0.39, 0.29) is 29.8 Å². The van der Waals surface area contributed by atoms with Crippen LogP contribution >= 0.6 is 11.3 Å². The molecule has 4 heterocycles. The minimum atomic E-state index is -4.48. The Hall–Kier alpha value is -3.63. The lowest BCUT2D eigenvalue weighted by Crippen LogP contribution is -2.50. The van der Waals surface area contributed by atoms with Crippen molar-refractivity contribution in [3.63, 3.8) is 0 Å². The minimum Gasteiger partial charge on any atom is -0.362 e. The van der Waals surface area contributed by atoms with E-state index in [9.17, 15) is 18.0 Å². The largest absolute Gasteiger partial charge is 0.410 e. The fraction of sp³-hybridized carbons (Fsp3) is 0.310. The van der Waals surface area contributed by atoms with Gasteiger partial charge in [-0.3, -0.25) is 9.69 Å². The van der Waals surface area contributed by atoms with Crippen LogP contribution in [0.3, 0.4) is 0 Å². The molecule has 2 atom stereocenters. The van der Waals surface area contributed by atoms with Crippen LogP contribution in [0.1, 0.15) is 50.9 Å². The molecule has 0 radical (unpaired) electrons. The SMILES string of the molecule is O=C(c1cnn2c1N[C@H](c1cccs1)C[C@@H]2C(F)(F)F)N1CCN(C(c2ccccc2)c2ccccc2)CC1. The maximum absolute atomic E-state index is 14.0. The predicted octanol–water partition coefficient (Wildman–Crippen LogP) is 6.15. The Labute approximate surface area is 228 Å². The summed E-state index contributed by atoms with van der Waals surface area (Å²) in [4.78, 5) is 18.5. The molecule has 0 saturated carbocycles. The smallest absolute Gasteiger partial charge is 0.362 e. The van der Waals surface area contributed by atoms with Crippen molar-refractivity contribution in [2.75, 3.05) is 31.5 Å². The lowest BCUT2D eigenvalue weighted by atomic mass is 9.96. The van der Waals surface area contributed by atoms with Crippen LogP contribution in [0.2, 0.25) is 0 Å². The van der Waals surface area contributed by atoms with Gasteiger partial charge in [-0.1, -0.05) is 66.7 Å². The van der Waals surface area contributed by atoms with Crippen molar-refractivity contribution < 1.29 is 18.0 Å². The third-order valence-corrected chi connectivity index (χ3v) is 8.54. The molecule has 4 aromatic rings. The number of anilines is 1. The van der Waals surface area contributed by atoms with Crippen LogP contribution in [0.15, 0.2) is 84.4 Å². The van der Waals surface area contributed by atoms with E-state index in [2.05, 4.69) is 39.6 Å². The highest BCUT2D eigenvalue weighted by Gasteiger charge is 2.47. The summed E-state index contributed by atoms with van der Waals surface area (Å²) in [7, 11) is 0. The summed E-state index contributed by atoms with van der Waals surface area (Å²) >= 11 is 1.40. The zero-order valence-electron chi connectivity index (χ0n) is 21.1.